The largest absolute Gasteiger partial charge is 0.388 e. The van der Waals surface area contributed by atoms with Crippen LogP contribution in [0.5, 0.6) is 0 Å². The Morgan fingerprint density at radius 2 is 2.00 bits per heavy atom. The van der Waals surface area contributed by atoms with E-state index >= 15 is 0 Å². The molecule has 0 aliphatic carbocycles. The van der Waals surface area contributed by atoms with Gasteiger partial charge in [-0.1, -0.05) is 30.3 Å². The summed E-state index contributed by atoms with van der Waals surface area (Å²) < 4.78 is 1.68. The number of benzene rings is 1. The Balaban J connectivity index is 1.49. The summed E-state index contributed by atoms with van der Waals surface area (Å²) in [5, 5.41) is 20.0. The zero-order chi connectivity index (χ0) is 17.6. The van der Waals surface area contributed by atoms with Gasteiger partial charge in [0, 0.05) is 18.3 Å². The molecule has 2 atom stereocenters. The lowest BCUT2D eigenvalue weighted by Gasteiger charge is -2.18. The van der Waals surface area contributed by atoms with Crippen LogP contribution >= 0.6 is 0 Å². The summed E-state index contributed by atoms with van der Waals surface area (Å²) in [6.45, 7) is 2.20. The Labute approximate surface area is 145 Å². The number of aliphatic hydroxyl groups excluding tert-OH is 1. The number of fused-ring (bicyclic) bond motifs is 1. The van der Waals surface area contributed by atoms with Crippen molar-refractivity contribution in [2.75, 3.05) is 0 Å². The van der Waals surface area contributed by atoms with Crippen molar-refractivity contribution in [3.63, 3.8) is 0 Å². The van der Waals surface area contributed by atoms with Crippen molar-refractivity contribution in [2.45, 2.75) is 32.0 Å². The first-order valence-corrected chi connectivity index (χ1v) is 8.18. The number of hydrogen-bond donors (Lipinski definition) is 3. The Hall–Kier alpha value is -2.93. The molecule has 2 aromatic heterocycles. The molecule has 25 heavy (non-hydrogen) atoms. The van der Waals surface area contributed by atoms with Crippen molar-refractivity contribution < 1.29 is 9.90 Å². The number of aliphatic hydroxyl groups is 1. The number of carbonyl (C=O) groups is 1. The van der Waals surface area contributed by atoms with E-state index < -0.39 is 6.10 Å². The molecule has 2 unspecified atom stereocenters. The van der Waals surface area contributed by atoms with Crippen LogP contribution in [0.2, 0.25) is 0 Å². The van der Waals surface area contributed by atoms with Crippen molar-refractivity contribution in [3.8, 4) is 0 Å². The molecule has 0 bridgehead atoms. The molecule has 130 valence electrons. The maximum absolute atomic E-state index is 12.1. The maximum Gasteiger partial charge on any atom is 0.315 e. The van der Waals surface area contributed by atoms with Crippen molar-refractivity contribution in [1.29, 1.82) is 0 Å². The Morgan fingerprint density at radius 3 is 2.80 bits per heavy atom. The summed E-state index contributed by atoms with van der Waals surface area (Å²) in [6, 6.07) is 12.6. The second-order valence-corrected chi connectivity index (χ2v) is 5.93. The topological polar surface area (TPSA) is 91.5 Å². The number of aromatic nitrogens is 3. The molecule has 7 heteroatoms. The highest BCUT2D eigenvalue weighted by atomic mass is 16.3. The highest BCUT2D eigenvalue weighted by Gasteiger charge is 2.14. The second-order valence-electron chi connectivity index (χ2n) is 5.93. The smallest absolute Gasteiger partial charge is 0.315 e. The number of rotatable bonds is 6. The van der Waals surface area contributed by atoms with Gasteiger partial charge in [-0.15, -0.1) is 0 Å². The van der Waals surface area contributed by atoms with Gasteiger partial charge in [-0.25, -0.2) is 14.3 Å². The average molecular weight is 339 g/mol. The molecular weight excluding hydrogens is 318 g/mol. The number of carbonyl (C=O) groups excluding carboxylic acids is 1. The number of nitrogens with one attached hydrogen (secondary N) is 2. The summed E-state index contributed by atoms with van der Waals surface area (Å²) in [5.41, 5.74) is 2.41. The van der Waals surface area contributed by atoms with Gasteiger partial charge in [0.05, 0.1) is 24.5 Å². The first-order chi connectivity index (χ1) is 12.1. The first kappa shape index (κ1) is 16.9. The quantitative estimate of drug-likeness (QED) is 0.641. The average Bonchev–Trinajstić information content (AvgIpc) is 3.09. The molecule has 0 aliphatic rings. The molecule has 2 heterocycles. The third-order valence-corrected chi connectivity index (χ3v) is 3.94. The van der Waals surface area contributed by atoms with Crippen molar-refractivity contribution in [3.05, 3.63) is 66.1 Å². The van der Waals surface area contributed by atoms with Crippen LogP contribution in [-0.4, -0.2) is 31.8 Å². The minimum Gasteiger partial charge on any atom is -0.388 e. The van der Waals surface area contributed by atoms with E-state index in [9.17, 15) is 9.90 Å². The van der Waals surface area contributed by atoms with Gasteiger partial charge < -0.3 is 15.7 Å². The third-order valence-electron chi connectivity index (χ3n) is 3.94. The molecule has 0 aliphatic heterocycles. The number of amides is 2. The SMILES string of the molecule is CC(CC(O)c1ccccc1)NC(=O)NCc1ccnc2ccnn12. The van der Waals surface area contributed by atoms with Crippen LogP contribution < -0.4 is 10.6 Å². The van der Waals surface area contributed by atoms with Gasteiger partial charge in [-0.3, -0.25) is 0 Å². The lowest BCUT2D eigenvalue weighted by Crippen LogP contribution is -2.41. The Bertz CT molecular complexity index is 834. The molecule has 3 rings (SSSR count). The number of nitrogens with zero attached hydrogens (tertiary/aromatic N) is 3. The minimum atomic E-state index is -0.611. The minimum absolute atomic E-state index is 0.169. The van der Waals surface area contributed by atoms with E-state index in [-0.39, 0.29) is 12.1 Å². The van der Waals surface area contributed by atoms with Crippen molar-refractivity contribution in [2.24, 2.45) is 0 Å². The fourth-order valence-electron chi connectivity index (χ4n) is 2.67. The van der Waals surface area contributed by atoms with Crippen molar-refractivity contribution in [1.82, 2.24) is 25.2 Å². The van der Waals surface area contributed by atoms with Crippen LogP contribution in [0, 0.1) is 0 Å². The molecule has 2 amide bonds. The van der Waals surface area contributed by atoms with Crippen LogP contribution in [0.3, 0.4) is 0 Å². The zero-order valence-electron chi connectivity index (χ0n) is 14.0. The first-order valence-electron chi connectivity index (χ1n) is 8.18. The predicted molar refractivity (Wildman–Crippen MR) is 93.8 cm³/mol. The molecular formula is C18H21N5O2. The second kappa shape index (κ2) is 7.76. The number of hydrogen-bond acceptors (Lipinski definition) is 4. The summed E-state index contributed by atoms with van der Waals surface area (Å²) in [5.74, 6) is 0. The van der Waals surface area contributed by atoms with Crippen LogP contribution in [0.1, 0.15) is 30.7 Å². The van der Waals surface area contributed by atoms with E-state index in [1.807, 2.05) is 43.3 Å². The van der Waals surface area contributed by atoms with Gasteiger partial charge >= 0.3 is 6.03 Å². The zero-order valence-corrected chi connectivity index (χ0v) is 14.0. The molecule has 3 aromatic rings. The molecule has 1 aromatic carbocycles. The molecule has 7 nitrogen and oxygen atoms in total. The molecule has 3 N–H and O–H groups in total. The van der Waals surface area contributed by atoms with Crippen molar-refractivity contribution >= 4 is 11.7 Å². The van der Waals surface area contributed by atoms with Gasteiger partial charge in [0.15, 0.2) is 5.65 Å². The van der Waals surface area contributed by atoms with Crippen LogP contribution in [0.25, 0.3) is 5.65 Å². The third kappa shape index (κ3) is 4.33. The van der Waals surface area contributed by atoms with E-state index in [0.717, 1.165) is 16.9 Å². The summed E-state index contributed by atoms with van der Waals surface area (Å²) in [6.07, 6.45) is 3.18. The summed E-state index contributed by atoms with van der Waals surface area (Å²) >= 11 is 0. The van der Waals surface area contributed by atoms with Gasteiger partial charge in [0.2, 0.25) is 0 Å². The fourth-order valence-corrected chi connectivity index (χ4v) is 2.67. The van der Waals surface area contributed by atoms with E-state index in [0.29, 0.717) is 13.0 Å². The lowest BCUT2D eigenvalue weighted by molar-refractivity contribution is 0.154. The van der Waals surface area contributed by atoms with E-state index in [1.165, 1.54) is 0 Å². The van der Waals surface area contributed by atoms with Crippen LogP contribution in [-0.2, 0) is 6.54 Å². The standard InChI is InChI=1S/C18H21N5O2/c1-13(11-16(24)14-5-3-2-4-6-14)22-18(25)20-12-15-7-9-19-17-8-10-21-23(15)17/h2-10,13,16,24H,11-12H2,1H3,(H2,20,22,25). The molecule has 0 spiro atoms. The van der Waals surface area contributed by atoms with Gasteiger partial charge in [-0.05, 0) is 25.0 Å². The Morgan fingerprint density at radius 1 is 1.20 bits per heavy atom. The fraction of sp³-hybridized carbons (Fsp3) is 0.278. The summed E-state index contributed by atoms with van der Waals surface area (Å²) in [7, 11) is 0. The molecule has 0 saturated carbocycles. The van der Waals surface area contributed by atoms with Crippen LogP contribution in [0.4, 0.5) is 4.79 Å². The highest BCUT2D eigenvalue weighted by Crippen LogP contribution is 2.17. The Kier molecular flexibility index (Phi) is 5.25. The van der Waals surface area contributed by atoms with Crippen LogP contribution in [0.15, 0.2) is 54.9 Å². The maximum atomic E-state index is 12.1. The number of urea groups is 1. The lowest BCUT2D eigenvalue weighted by atomic mass is 10.0. The van der Waals surface area contributed by atoms with E-state index in [4.69, 9.17) is 0 Å². The molecule has 0 fully saturated rings. The molecule has 0 radical (unpaired) electrons. The van der Waals surface area contributed by atoms with Gasteiger partial charge in [0.25, 0.3) is 0 Å². The van der Waals surface area contributed by atoms with Gasteiger partial charge in [-0.2, -0.15) is 5.10 Å². The normalized spacial score (nSPS) is 13.4. The highest BCUT2D eigenvalue weighted by molar-refractivity contribution is 5.74. The van der Waals surface area contributed by atoms with E-state index in [1.54, 1.807) is 23.0 Å². The van der Waals surface area contributed by atoms with Gasteiger partial charge in [0.1, 0.15) is 0 Å². The predicted octanol–water partition coefficient (Wildman–Crippen LogP) is 2.04. The monoisotopic (exact) mass is 339 g/mol. The van der Waals surface area contributed by atoms with E-state index in [2.05, 4.69) is 20.7 Å². The summed E-state index contributed by atoms with van der Waals surface area (Å²) in [4.78, 5) is 16.3. The molecule has 0 saturated heterocycles.